The van der Waals surface area contributed by atoms with E-state index in [1.54, 1.807) is 0 Å². The highest BCUT2D eigenvalue weighted by Crippen LogP contribution is 2.49. The molecule has 1 amide bonds. The number of para-hydroxylation sites is 2. The van der Waals surface area contributed by atoms with E-state index in [1.807, 2.05) is 60.0 Å². The summed E-state index contributed by atoms with van der Waals surface area (Å²) in [5.41, 5.74) is 2.53. The van der Waals surface area contributed by atoms with Gasteiger partial charge in [-0.25, -0.2) is 0 Å². The number of H-pyrrole nitrogens is 1. The average molecular weight is 441 g/mol. The maximum absolute atomic E-state index is 13.0. The monoisotopic (exact) mass is 441 g/mol. The number of amides is 1. The van der Waals surface area contributed by atoms with E-state index in [4.69, 9.17) is 4.74 Å². The molecule has 2 atom stereocenters. The van der Waals surface area contributed by atoms with Crippen molar-refractivity contribution in [2.75, 3.05) is 13.2 Å². The molecule has 4 N–H and O–H groups in total. The Bertz CT molecular complexity index is 1650. The zero-order valence-electron chi connectivity index (χ0n) is 18.1. The van der Waals surface area contributed by atoms with Crippen LogP contribution in [0.2, 0.25) is 0 Å². The molecule has 0 spiro atoms. The Morgan fingerprint density at radius 1 is 1.09 bits per heavy atom. The van der Waals surface area contributed by atoms with Crippen molar-refractivity contribution in [1.29, 1.82) is 0 Å². The molecule has 0 bridgehead atoms. The zero-order chi connectivity index (χ0) is 22.5. The number of hydrogen-bond donors (Lipinski definition) is 4. The van der Waals surface area contributed by atoms with Gasteiger partial charge in [-0.05, 0) is 24.6 Å². The Labute approximate surface area is 188 Å². The van der Waals surface area contributed by atoms with E-state index >= 15 is 0 Å². The van der Waals surface area contributed by atoms with Crippen LogP contribution in [0.1, 0.15) is 29.3 Å². The molecule has 0 aliphatic carbocycles. The molecular weight excluding hydrogens is 418 g/mol. The fourth-order valence-electron chi connectivity index (χ4n) is 6.05. The first-order valence-corrected chi connectivity index (χ1v) is 11.2. The first-order chi connectivity index (χ1) is 16.0. The summed E-state index contributed by atoms with van der Waals surface area (Å²) in [5.74, 6) is -0.0753. The van der Waals surface area contributed by atoms with E-state index in [-0.39, 0.29) is 5.91 Å². The molecule has 7 rings (SSSR count). The lowest BCUT2D eigenvalue weighted by Gasteiger charge is -2.39. The largest absolute Gasteiger partial charge is 0.393 e. The van der Waals surface area contributed by atoms with Crippen LogP contribution in [0.5, 0.6) is 0 Å². The number of aromatic nitrogens is 2. The minimum atomic E-state index is -1.45. The van der Waals surface area contributed by atoms with Gasteiger partial charge in [0.1, 0.15) is 5.60 Å². The third kappa shape index (κ3) is 2.13. The molecule has 2 aliphatic rings. The van der Waals surface area contributed by atoms with Crippen LogP contribution < -0.4 is 5.32 Å². The third-order valence-corrected chi connectivity index (χ3v) is 7.77. The number of aliphatic hydroxyl groups is 2. The summed E-state index contributed by atoms with van der Waals surface area (Å²) in [6, 6.07) is 16.0. The van der Waals surface area contributed by atoms with Crippen LogP contribution in [0.3, 0.4) is 0 Å². The normalized spacial score (nSPS) is 25.0. The summed E-state index contributed by atoms with van der Waals surface area (Å²) >= 11 is 0. The van der Waals surface area contributed by atoms with Crippen molar-refractivity contribution >= 4 is 49.5 Å². The van der Waals surface area contributed by atoms with Gasteiger partial charge in [0.25, 0.3) is 5.91 Å². The summed E-state index contributed by atoms with van der Waals surface area (Å²) in [6.07, 6.45) is 0.328. The molecule has 1 fully saturated rings. The van der Waals surface area contributed by atoms with Crippen molar-refractivity contribution < 1.29 is 19.7 Å². The molecule has 166 valence electrons. The van der Waals surface area contributed by atoms with E-state index in [2.05, 4.69) is 10.3 Å². The Morgan fingerprint density at radius 3 is 2.67 bits per heavy atom. The molecule has 1 saturated heterocycles. The van der Waals surface area contributed by atoms with Crippen molar-refractivity contribution in [1.82, 2.24) is 14.9 Å². The number of nitrogens with one attached hydrogen (secondary N) is 2. The second kappa shape index (κ2) is 6.14. The van der Waals surface area contributed by atoms with Crippen LogP contribution in [0.15, 0.2) is 48.5 Å². The lowest BCUT2D eigenvalue weighted by atomic mass is 9.91. The molecule has 4 heterocycles. The van der Waals surface area contributed by atoms with E-state index in [0.29, 0.717) is 25.1 Å². The molecule has 3 aromatic carbocycles. The molecule has 2 aliphatic heterocycles. The second-order valence-electron chi connectivity index (χ2n) is 9.30. The molecule has 0 radical (unpaired) electrons. The van der Waals surface area contributed by atoms with Gasteiger partial charge in [-0.1, -0.05) is 36.4 Å². The predicted molar refractivity (Wildman–Crippen MR) is 126 cm³/mol. The fourth-order valence-corrected chi connectivity index (χ4v) is 6.05. The summed E-state index contributed by atoms with van der Waals surface area (Å²) in [7, 11) is 0. The topological polar surface area (TPSA) is 99.5 Å². The molecule has 2 aromatic heterocycles. The Hall–Kier alpha value is -3.39. The van der Waals surface area contributed by atoms with Gasteiger partial charge in [-0.3, -0.25) is 4.79 Å². The minimum Gasteiger partial charge on any atom is -0.393 e. The second-order valence-corrected chi connectivity index (χ2v) is 9.30. The van der Waals surface area contributed by atoms with Gasteiger partial charge in [0, 0.05) is 40.0 Å². The number of fused-ring (bicyclic) bond motifs is 10. The summed E-state index contributed by atoms with van der Waals surface area (Å²) in [6.45, 7) is 2.20. The number of carbonyl (C=O) groups is 1. The summed E-state index contributed by atoms with van der Waals surface area (Å²) in [5, 5.41) is 28.5. The average Bonchev–Trinajstić information content (AvgIpc) is 3.55. The van der Waals surface area contributed by atoms with Crippen molar-refractivity contribution in [3.63, 3.8) is 0 Å². The van der Waals surface area contributed by atoms with Crippen LogP contribution >= 0.6 is 0 Å². The van der Waals surface area contributed by atoms with Crippen molar-refractivity contribution in [2.24, 2.45) is 0 Å². The van der Waals surface area contributed by atoms with Gasteiger partial charge < -0.3 is 29.8 Å². The highest BCUT2D eigenvalue weighted by atomic mass is 16.5. The van der Waals surface area contributed by atoms with Crippen molar-refractivity contribution in [3.8, 4) is 0 Å². The first-order valence-electron chi connectivity index (χ1n) is 11.2. The van der Waals surface area contributed by atoms with E-state index in [9.17, 15) is 15.0 Å². The van der Waals surface area contributed by atoms with Gasteiger partial charge in [-0.2, -0.15) is 0 Å². The summed E-state index contributed by atoms with van der Waals surface area (Å²) < 4.78 is 8.26. The highest BCUT2D eigenvalue weighted by Gasteiger charge is 2.55. The number of hydrogen-bond acceptors (Lipinski definition) is 4. The summed E-state index contributed by atoms with van der Waals surface area (Å²) in [4.78, 5) is 16.6. The number of nitrogens with zero attached hydrogens (tertiary/aromatic N) is 1. The smallest absolute Gasteiger partial charge is 0.252 e. The molecule has 0 saturated carbocycles. The number of aliphatic hydroxyl groups excluding tert-OH is 1. The molecule has 7 nitrogen and oxygen atoms in total. The van der Waals surface area contributed by atoms with Crippen molar-refractivity contribution in [2.45, 2.75) is 31.2 Å². The van der Waals surface area contributed by atoms with Crippen molar-refractivity contribution in [3.05, 3.63) is 59.7 Å². The van der Waals surface area contributed by atoms with E-state index in [1.165, 1.54) is 0 Å². The van der Waals surface area contributed by atoms with Crippen LogP contribution in [0, 0.1) is 0 Å². The predicted octanol–water partition coefficient (Wildman–Crippen LogP) is 3.49. The SMILES string of the molecule is CC1(n2c3ccccc3c3c4c(c5c6ccccc6[nH]c5c32)C(=O)NC4)OCCC1(O)CO. The quantitative estimate of drug-likeness (QED) is 0.337. The third-order valence-electron chi connectivity index (χ3n) is 7.77. The minimum absolute atomic E-state index is 0.0753. The number of benzene rings is 3. The highest BCUT2D eigenvalue weighted by molar-refractivity contribution is 6.30. The van der Waals surface area contributed by atoms with E-state index in [0.717, 1.165) is 49.2 Å². The Morgan fingerprint density at radius 2 is 1.85 bits per heavy atom. The van der Waals surface area contributed by atoms with Crippen LogP contribution in [0.4, 0.5) is 0 Å². The van der Waals surface area contributed by atoms with Crippen LogP contribution in [-0.4, -0.2) is 44.5 Å². The lowest BCUT2D eigenvalue weighted by molar-refractivity contribution is -0.174. The number of rotatable bonds is 2. The van der Waals surface area contributed by atoms with Gasteiger partial charge in [0.05, 0.1) is 35.3 Å². The van der Waals surface area contributed by atoms with Gasteiger partial charge in [-0.15, -0.1) is 0 Å². The lowest BCUT2D eigenvalue weighted by Crippen LogP contribution is -2.53. The number of ether oxygens (including phenoxy) is 1. The zero-order valence-corrected chi connectivity index (χ0v) is 18.1. The molecule has 7 heteroatoms. The maximum atomic E-state index is 13.0. The standard InChI is InChI=1S/C26H23N3O4/c1-25(26(32,13-30)10-11-33-25)29-18-9-5-3-7-15(18)19-16-12-27-24(31)21(16)20-14-6-2-4-8-17(14)28-22(20)23(19)29/h2-9,28,30,32H,10-13H2,1H3,(H,27,31). The molecule has 33 heavy (non-hydrogen) atoms. The van der Waals surface area contributed by atoms with Gasteiger partial charge >= 0.3 is 0 Å². The maximum Gasteiger partial charge on any atom is 0.252 e. The van der Waals surface area contributed by atoms with Crippen LogP contribution in [0.25, 0.3) is 43.6 Å². The molecule has 5 aromatic rings. The molecule has 2 unspecified atom stereocenters. The van der Waals surface area contributed by atoms with Gasteiger partial charge in [0.15, 0.2) is 5.72 Å². The van der Waals surface area contributed by atoms with Crippen LogP contribution in [-0.2, 0) is 17.0 Å². The van der Waals surface area contributed by atoms with Gasteiger partial charge in [0.2, 0.25) is 0 Å². The number of aromatic amines is 1. The molecular formula is C26H23N3O4. The Balaban J connectivity index is 1.79. The first kappa shape index (κ1) is 19.1. The Kier molecular flexibility index (Phi) is 3.55. The fraction of sp³-hybridized carbons (Fsp3) is 0.269. The van der Waals surface area contributed by atoms with E-state index < -0.39 is 17.9 Å². The number of carbonyl (C=O) groups excluding carboxylic acids is 1.